The zero-order chi connectivity index (χ0) is 30.8. The molecular formula is C40H29ClN2O2. The molecule has 0 atom stereocenters. The summed E-state index contributed by atoms with van der Waals surface area (Å²) in [5.74, 6) is 0.509. The van der Waals surface area contributed by atoms with Gasteiger partial charge >= 0.3 is 0 Å². The van der Waals surface area contributed by atoms with Crippen LogP contribution in [0.15, 0.2) is 103 Å². The molecule has 0 unspecified atom stereocenters. The summed E-state index contributed by atoms with van der Waals surface area (Å²) < 4.78 is 0. The van der Waals surface area contributed by atoms with Crippen LogP contribution < -0.4 is 0 Å². The lowest BCUT2D eigenvalue weighted by Gasteiger charge is -2.13. The highest BCUT2D eigenvalue weighted by atomic mass is 35.5. The van der Waals surface area contributed by atoms with Crippen molar-refractivity contribution in [3.05, 3.63) is 142 Å². The Kier molecular flexibility index (Phi) is 6.36. The van der Waals surface area contributed by atoms with Gasteiger partial charge in [0.1, 0.15) is 11.5 Å². The Morgan fingerprint density at radius 1 is 0.578 bits per heavy atom. The molecule has 45 heavy (non-hydrogen) atoms. The van der Waals surface area contributed by atoms with Gasteiger partial charge in [-0.15, -0.1) is 0 Å². The fourth-order valence-corrected chi connectivity index (χ4v) is 7.13. The molecule has 0 amide bonds. The number of aromatic nitrogens is 2. The van der Waals surface area contributed by atoms with Crippen LogP contribution in [-0.4, -0.2) is 20.2 Å². The average Bonchev–Trinajstić information content (AvgIpc) is 3.58. The number of nitrogens with zero attached hydrogens (tertiary/aromatic N) is 2. The lowest BCUT2D eigenvalue weighted by atomic mass is 9.94. The molecule has 0 spiro atoms. The van der Waals surface area contributed by atoms with Crippen LogP contribution in [0.5, 0.6) is 11.5 Å². The van der Waals surface area contributed by atoms with Crippen molar-refractivity contribution in [3.63, 3.8) is 0 Å². The predicted molar refractivity (Wildman–Crippen MR) is 183 cm³/mol. The van der Waals surface area contributed by atoms with Crippen molar-refractivity contribution in [1.82, 2.24) is 9.97 Å². The number of hydrogen-bond donors (Lipinski definition) is 2. The number of hydrogen-bond acceptors (Lipinski definition) is 4. The van der Waals surface area contributed by atoms with Crippen molar-refractivity contribution in [3.8, 4) is 45.1 Å². The monoisotopic (exact) mass is 604 g/mol. The zero-order valence-electron chi connectivity index (χ0n) is 24.9. The van der Waals surface area contributed by atoms with E-state index in [-0.39, 0.29) is 11.5 Å². The number of aryl methyl sites for hydroxylation is 2. The highest BCUT2D eigenvalue weighted by molar-refractivity contribution is 6.36. The molecule has 0 saturated carbocycles. The highest BCUT2D eigenvalue weighted by Gasteiger charge is 2.26. The van der Waals surface area contributed by atoms with E-state index in [1.54, 1.807) is 18.2 Å². The van der Waals surface area contributed by atoms with Gasteiger partial charge in [0.25, 0.3) is 0 Å². The van der Waals surface area contributed by atoms with Crippen molar-refractivity contribution in [2.45, 2.75) is 26.7 Å². The van der Waals surface area contributed by atoms with Gasteiger partial charge in [0, 0.05) is 40.3 Å². The van der Waals surface area contributed by atoms with E-state index in [1.165, 1.54) is 27.8 Å². The van der Waals surface area contributed by atoms with Crippen molar-refractivity contribution in [2.24, 2.45) is 0 Å². The van der Waals surface area contributed by atoms with Crippen LogP contribution in [0.4, 0.5) is 0 Å². The SMILES string of the molecule is Cc1ccc2c(c1)Cc1c-2nc2ccc(C)cc2c1Cl.Oc1ccc2c(c1)Cc1c-2nc2ccc(O)cc2c1-c1ccccc1. The molecule has 2 aromatic heterocycles. The van der Waals surface area contributed by atoms with Gasteiger partial charge in [0.2, 0.25) is 0 Å². The molecule has 2 aliphatic carbocycles. The Bertz CT molecular complexity index is 2330. The third-order valence-electron chi connectivity index (χ3n) is 8.90. The molecule has 5 heteroatoms. The van der Waals surface area contributed by atoms with E-state index in [4.69, 9.17) is 21.6 Å². The fourth-order valence-electron chi connectivity index (χ4n) is 6.82. The summed E-state index contributed by atoms with van der Waals surface area (Å²) in [6.45, 7) is 4.21. The van der Waals surface area contributed by atoms with Gasteiger partial charge in [-0.25, -0.2) is 9.97 Å². The Morgan fingerprint density at radius 2 is 1.16 bits per heavy atom. The second kappa shape index (κ2) is 10.5. The minimum absolute atomic E-state index is 0.236. The number of benzene rings is 5. The summed E-state index contributed by atoms with van der Waals surface area (Å²) >= 11 is 6.65. The maximum atomic E-state index is 10.00. The summed E-state index contributed by atoms with van der Waals surface area (Å²) in [6.07, 6.45) is 1.62. The lowest BCUT2D eigenvalue weighted by Crippen LogP contribution is -1.94. The maximum absolute atomic E-state index is 10.00. The number of phenolic OH excluding ortho intramolecular Hbond substituents is 2. The van der Waals surface area contributed by atoms with Gasteiger partial charge < -0.3 is 10.2 Å². The van der Waals surface area contributed by atoms with Crippen LogP contribution in [0, 0.1) is 13.8 Å². The molecule has 7 aromatic rings. The van der Waals surface area contributed by atoms with Crippen LogP contribution >= 0.6 is 11.6 Å². The Morgan fingerprint density at radius 3 is 1.96 bits per heavy atom. The van der Waals surface area contributed by atoms with Gasteiger partial charge in [-0.1, -0.05) is 77.3 Å². The molecule has 0 radical (unpaired) electrons. The van der Waals surface area contributed by atoms with E-state index in [0.717, 1.165) is 78.9 Å². The van der Waals surface area contributed by atoms with Crippen molar-refractivity contribution < 1.29 is 10.2 Å². The van der Waals surface area contributed by atoms with Gasteiger partial charge in [-0.3, -0.25) is 0 Å². The molecule has 5 aromatic carbocycles. The molecule has 0 fully saturated rings. The third kappa shape index (κ3) is 4.61. The van der Waals surface area contributed by atoms with Gasteiger partial charge in [0.15, 0.2) is 0 Å². The van der Waals surface area contributed by atoms with Gasteiger partial charge in [-0.05, 0) is 90.2 Å². The van der Waals surface area contributed by atoms with Crippen LogP contribution in [0.25, 0.3) is 55.4 Å². The molecular weight excluding hydrogens is 576 g/mol. The first-order valence-corrected chi connectivity index (χ1v) is 15.4. The van der Waals surface area contributed by atoms with E-state index < -0.39 is 0 Å². The third-order valence-corrected chi connectivity index (χ3v) is 9.33. The van der Waals surface area contributed by atoms with Crippen LogP contribution in [0.3, 0.4) is 0 Å². The number of pyridine rings is 2. The quantitative estimate of drug-likeness (QED) is 0.196. The molecule has 2 aliphatic rings. The van der Waals surface area contributed by atoms with Crippen LogP contribution in [0.1, 0.15) is 33.4 Å². The standard InChI is InChI=1S/C22H15NO2.C18H14ClN/c24-15-6-8-17-14(10-15)11-19-21(13-4-2-1-3-5-13)18-12-16(25)7-9-20(18)23-22(17)19;1-10-3-5-13-12(7-10)9-15-17(19)14-8-11(2)4-6-16(14)20-18(13)15/h1-10,12,24-25H,11H2;3-8H,9H2,1-2H3. The largest absolute Gasteiger partial charge is 0.508 e. The van der Waals surface area contributed by atoms with Crippen LogP contribution in [0.2, 0.25) is 5.02 Å². The topological polar surface area (TPSA) is 66.2 Å². The van der Waals surface area contributed by atoms with E-state index in [0.29, 0.717) is 0 Å². The minimum Gasteiger partial charge on any atom is -0.508 e. The average molecular weight is 605 g/mol. The van der Waals surface area contributed by atoms with E-state index >= 15 is 0 Å². The normalized spacial score (nSPS) is 12.3. The number of halogens is 1. The molecule has 2 heterocycles. The lowest BCUT2D eigenvalue weighted by molar-refractivity contribution is 0.474. The van der Waals surface area contributed by atoms with Crippen LogP contribution in [-0.2, 0) is 12.8 Å². The van der Waals surface area contributed by atoms with Crippen molar-refractivity contribution >= 4 is 33.4 Å². The molecule has 0 saturated heterocycles. The summed E-state index contributed by atoms with van der Waals surface area (Å²) in [5.41, 5.74) is 15.6. The summed E-state index contributed by atoms with van der Waals surface area (Å²) in [6, 6.07) is 33.8. The first kappa shape index (κ1) is 27.4. The molecule has 2 N–H and O–H groups in total. The van der Waals surface area contributed by atoms with Crippen molar-refractivity contribution in [2.75, 3.05) is 0 Å². The molecule has 0 aliphatic heterocycles. The number of rotatable bonds is 1. The van der Waals surface area contributed by atoms with Gasteiger partial charge in [0.05, 0.1) is 27.4 Å². The Balaban J connectivity index is 0.000000137. The molecule has 0 bridgehead atoms. The molecule has 218 valence electrons. The first-order chi connectivity index (χ1) is 21.8. The van der Waals surface area contributed by atoms with E-state index in [9.17, 15) is 10.2 Å². The highest BCUT2D eigenvalue weighted by Crippen LogP contribution is 2.45. The van der Waals surface area contributed by atoms with E-state index in [1.807, 2.05) is 36.4 Å². The maximum Gasteiger partial charge on any atom is 0.116 e. The molecule has 9 rings (SSSR count). The second-order valence-electron chi connectivity index (χ2n) is 12.0. The number of fused-ring (bicyclic) bond motifs is 8. The van der Waals surface area contributed by atoms with Crippen molar-refractivity contribution in [1.29, 1.82) is 0 Å². The second-order valence-corrected chi connectivity index (χ2v) is 12.4. The zero-order valence-corrected chi connectivity index (χ0v) is 25.7. The minimum atomic E-state index is 0.236. The summed E-state index contributed by atoms with van der Waals surface area (Å²) in [4.78, 5) is 9.71. The van der Waals surface area contributed by atoms with Gasteiger partial charge in [-0.2, -0.15) is 0 Å². The number of aromatic hydroxyl groups is 2. The Labute approximate surface area is 266 Å². The number of phenols is 2. The Hall–Kier alpha value is -5.19. The summed E-state index contributed by atoms with van der Waals surface area (Å²) in [5, 5.41) is 22.7. The smallest absolute Gasteiger partial charge is 0.116 e. The first-order valence-electron chi connectivity index (χ1n) is 15.1. The fraction of sp³-hybridized carbons (Fsp3) is 0.100. The predicted octanol–water partition coefficient (Wildman–Crippen LogP) is 9.96. The molecule has 4 nitrogen and oxygen atoms in total. The van der Waals surface area contributed by atoms with E-state index in [2.05, 4.69) is 62.4 Å². The summed E-state index contributed by atoms with van der Waals surface area (Å²) in [7, 11) is 0.